The third kappa shape index (κ3) is 4.69. The van der Waals surface area contributed by atoms with Gasteiger partial charge in [0.2, 0.25) is 0 Å². The minimum atomic E-state index is -0.999. The molecule has 1 atom stereocenters. The summed E-state index contributed by atoms with van der Waals surface area (Å²) < 4.78 is 0.977. The Hall–Kier alpha value is -1.33. The van der Waals surface area contributed by atoms with Crippen LogP contribution in [-0.2, 0) is 5.60 Å². The molecule has 1 unspecified atom stereocenters. The summed E-state index contributed by atoms with van der Waals surface area (Å²) in [6, 6.07) is 7.57. The van der Waals surface area contributed by atoms with Crippen molar-refractivity contribution >= 4 is 21.9 Å². The highest BCUT2D eigenvalue weighted by Gasteiger charge is 2.26. The maximum atomic E-state index is 10.6. The predicted molar refractivity (Wildman–Crippen MR) is 83.0 cm³/mol. The fourth-order valence-corrected chi connectivity index (χ4v) is 1.88. The van der Waals surface area contributed by atoms with Crippen LogP contribution >= 0.6 is 15.9 Å². The molecule has 0 saturated carbocycles. The van der Waals surface area contributed by atoms with Crippen LogP contribution < -0.4 is 11.1 Å². The van der Waals surface area contributed by atoms with Gasteiger partial charge >= 0.3 is 0 Å². The lowest BCUT2D eigenvalue weighted by molar-refractivity contribution is 0.0423. The van der Waals surface area contributed by atoms with Crippen molar-refractivity contribution < 1.29 is 5.11 Å². The van der Waals surface area contributed by atoms with Crippen molar-refractivity contribution in [3.63, 3.8) is 0 Å². The van der Waals surface area contributed by atoms with Gasteiger partial charge in [0.1, 0.15) is 5.60 Å². The Labute approximate surface area is 122 Å². The molecule has 1 rings (SSSR count). The van der Waals surface area contributed by atoms with Crippen molar-refractivity contribution in [3.8, 4) is 0 Å². The van der Waals surface area contributed by atoms with Gasteiger partial charge in [-0.15, -0.1) is 6.58 Å². The van der Waals surface area contributed by atoms with Crippen LogP contribution in [0.25, 0.3) is 0 Å². The summed E-state index contributed by atoms with van der Waals surface area (Å²) in [6.07, 6.45) is 2.26. The van der Waals surface area contributed by atoms with E-state index in [1.54, 1.807) is 6.08 Å². The molecule has 0 aliphatic heterocycles. The number of aliphatic hydroxyl groups is 1. The van der Waals surface area contributed by atoms with Crippen molar-refractivity contribution in [2.45, 2.75) is 18.9 Å². The van der Waals surface area contributed by atoms with Crippen molar-refractivity contribution in [1.82, 2.24) is 5.32 Å². The summed E-state index contributed by atoms with van der Waals surface area (Å²) in [4.78, 5) is 4.18. The molecule has 0 amide bonds. The van der Waals surface area contributed by atoms with Crippen molar-refractivity contribution in [2.75, 3.05) is 13.1 Å². The maximum Gasteiger partial charge on any atom is 0.188 e. The molecule has 0 spiro atoms. The Morgan fingerprint density at radius 3 is 2.68 bits per heavy atom. The molecule has 0 bridgehead atoms. The summed E-state index contributed by atoms with van der Waals surface area (Å²) in [5, 5.41) is 13.5. The molecule has 0 radical (unpaired) electrons. The highest BCUT2D eigenvalue weighted by molar-refractivity contribution is 9.10. The van der Waals surface area contributed by atoms with E-state index in [0.29, 0.717) is 18.9 Å². The predicted octanol–water partition coefficient (Wildman–Crippen LogP) is 2.14. The van der Waals surface area contributed by atoms with Crippen LogP contribution in [0.5, 0.6) is 0 Å². The molecule has 0 fully saturated rings. The van der Waals surface area contributed by atoms with Crippen LogP contribution in [0.1, 0.15) is 18.9 Å². The zero-order chi connectivity index (χ0) is 14.3. The Morgan fingerprint density at radius 1 is 1.53 bits per heavy atom. The largest absolute Gasteiger partial charge is 0.383 e. The average Bonchev–Trinajstić information content (AvgIpc) is 2.43. The minimum Gasteiger partial charge on any atom is -0.383 e. The van der Waals surface area contributed by atoms with E-state index in [4.69, 9.17) is 5.73 Å². The fourth-order valence-electron chi connectivity index (χ4n) is 1.62. The molecule has 4 nitrogen and oxygen atoms in total. The molecule has 0 saturated heterocycles. The third-order valence-electron chi connectivity index (χ3n) is 2.90. The van der Waals surface area contributed by atoms with E-state index in [1.807, 2.05) is 31.2 Å². The first-order valence-corrected chi connectivity index (χ1v) is 6.94. The Kier molecular flexibility index (Phi) is 6.05. The quantitative estimate of drug-likeness (QED) is 0.426. The van der Waals surface area contributed by atoms with Crippen LogP contribution in [0.4, 0.5) is 0 Å². The lowest BCUT2D eigenvalue weighted by Gasteiger charge is -2.25. The van der Waals surface area contributed by atoms with Crippen LogP contribution in [0.2, 0.25) is 0 Å². The molecule has 0 aliphatic rings. The van der Waals surface area contributed by atoms with E-state index in [0.717, 1.165) is 10.0 Å². The summed E-state index contributed by atoms with van der Waals surface area (Å²) >= 11 is 3.38. The number of guanidine groups is 1. The molecule has 1 aromatic rings. The first-order valence-electron chi connectivity index (χ1n) is 6.15. The van der Waals surface area contributed by atoms with Gasteiger partial charge in [0.05, 0.1) is 6.54 Å². The van der Waals surface area contributed by atoms with Gasteiger partial charge in [0, 0.05) is 11.0 Å². The molecular weight excluding hydrogens is 306 g/mol. The summed E-state index contributed by atoms with van der Waals surface area (Å²) in [5.41, 5.74) is 5.53. The molecule has 19 heavy (non-hydrogen) atoms. The maximum absolute atomic E-state index is 10.6. The van der Waals surface area contributed by atoms with Crippen LogP contribution in [0, 0.1) is 0 Å². The number of aliphatic imine (C=N–C) groups is 1. The van der Waals surface area contributed by atoms with E-state index < -0.39 is 5.60 Å². The second kappa shape index (κ2) is 7.31. The second-order valence-corrected chi connectivity index (χ2v) is 5.18. The van der Waals surface area contributed by atoms with E-state index in [-0.39, 0.29) is 6.54 Å². The van der Waals surface area contributed by atoms with E-state index in [2.05, 4.69) is 32.8 Å². The van der Waals surface area contributed by atoms with Gasteiger partial charge in [-0.1, -0.05) is 41.1 Å². The zero-order valence-corrected chi connectivity index (χ0v) is 12.7. The van der Waals surface area contributed by atoms with Crippen LogP contribution in [0.15, 0.2) is 46.4 Å². The molecule has 0 aliphatic carbocycles. The van der Waals surface area contributed by atoms with E-state index in [1.165, 1.54) is 0 Å². The van der Waals surface area contributed by atoms with Gasteiger partial charge in [-0.2, -0.15) is 0 Å². The average molecular weight is 326 g/mol. The van der Waals surface area contributed by atoms with Gasteiger partial charge in [-0.25, -0.2) is 0 Å². The van der Waals surface area contributed by atoms with Crippen LogP contribution in [0.3, 0.4) is 0 Å². The third-order valence-corrected chi connectivity index (χ3v) is 3.43. The SMILES string of the molecule is C=CCNC(N)=NCC(O)(CC)c1ccc(Br)cc1. The Bertz CT molecular complexity index is 445. The smallest absolute Gasteiger partial charge is 0.188 e. The van der Waals surface area contributed by atoms with Gasteiger partial charge in [0.15, 0.2) is 5.96 Å². The second-order valence-electron chi connectivity index (χ2n) is 4.26. The first kappa shape index (κ1) is 15.7. The Balaban J connectivity index is 2.80. The number of hydrogen-bond acceptors (Lipinski definition) is 2. The Morgan fingerprint density at radius 2 is 2.16 bits per heavy atom. The highest BCUT2D eigenvalue weighted by Crippen LogP contribution is 2.26. The number of rotatable bonds is 6. The molecule has 1 aromatic carbocycles. The number of benzene rings is 1. The fraction of sp³-hybridized carbons (Fsp3) is 0.357. The van der Waals surface area contributed by atoms with Crippen molar-refractivity contribution in [3.05, 3.63) is 47.0 Å². The molecule has 4 N–H and O–H groups in total. The summed E-state index contributed by atoms with van der Waals surface area (Å²) in [7, 11) is 0. The lowest BCUT2D eigenvalue weighted by atomic mass is 9.91. The van der Waals surface area contributed by atoms with Crippen molar-refractivity contribution in [1.29, 1.82) is 0 Å². The normalized spacial score (nSPS) is 14.8. The number of hydrogen-bond donors (Lipinski definition) is 3. The summed E-state index contributed by atoms with van der Waals surface area (Å²) in [5.74, 6) is 0.309. The topological polar surface area (TPSA) is 70.6 Å². The molecule has 104 valence electrons. The molecular formula is C14H20BrN3O. The number of halogens is 1. The van der Waals surface area contributed by atoms with Crippen molar-refractivity contribution in [2.24, 2.45) is 10.7 Å². The summed E-state index contributed by atoms with van der Waals surface area (Å²) in [6.45, 7) is 6.29. The van der Waals surface area contributed by atoms with E-state index >= 15 is 0 Å². The van der Waals surface area contributed by atoms with Crippen LogP contribution in [-0.4, -0.2) is 24.2 Å². The highest BCUT2D eigenvalue weighted by atomic mass is 79.9. The van der Waals surface area contributed by atoms with Gasteiger partial charge in [-0.3, -0.25) is 4.99 Å². The lowest BCUT2D eigenvalue weighted by Crippen LogP contribution is -2.35. The number of nitrogens with one attached hydrogen (secondary N) is 1. The van der Waals surface area contributed by atoms with Gasteiger partial charge in [-0.05, 0) is 24.1 Å². The number of nitrogens with two attached hydrogens (primary N) is 1. The van der Waals surface area contributed by atoms with Gasteiger partial charge < -0.3 is 16.2 Å². The first-order chi connectivity index (χ1) is 9.01. The molecule has 0 aromatic heterocycles. The monoisotopic (exact) mass is 325 g/mol. The number of nitrogens with zero attached hydrogens (tertiary/aromatic N) is 1. The standard InChI is InChI=1S/C14H20BrN3O/c1-3-9-17-13(16)18-10-14(19,4-2)11-5-7-12(15)8-6-11/h3,5-8,19H,1,4,9-10H2,2H3,(H3,16,17,18). The van der Waals surface area contributed by atoms with E-state index in [9.17, 15) is 5.11 Å². The molecule has 0 heterocycles. The minimum absolute atomic E-state index is 0.223. The zero-order valence-electron chi connectivity index (χ0n) is 11.1. The molecule has 5 heteroatoms. The van der Waals surface area contributed by atoms with Gasteiger partial charge in [0.25, 0.3) is 0 Å².